The molecule has 0 aliphatic heterocycles. The molecule has 520 valence electrons. The maximum Gasteiger partial charge on any atom is 0.127 e. The molecular weight excluding hydrogens is 1330 g/mol. The number of nitrogens with zero attached hydrogens (tertiary/aromatic N) is 5. The molecule has 0 aliphatic carbocycles. The molecular formula is C102H75N5O2. The highest BCUT2D eigenvalue weighted by Gasteiger charge is 2.20. The van der Waals surface area contributed by atoms with E-state index in [-0.39, 0.29) is 0 Å². The van der Waals surface area contributed by atoms with Gasteiger partial charge in [0.05, 0.1) is 2.74 Å². The summed E-state index contributed by atoms with van der Waals surface area (Å²) in [6.45, 7) is 0. The SMILES string of the molecule is [3H]c1cccc(-c2ccc(N(c3ccccc3)c3ccc(-c4ccc(N(c5ccccc5)c5ccc(Oc6ccc(N(c7ccccc7)c7ccc(Oc8ccc(N(c9ccccc9)c9ccc(-c%10ccc(N(c%11ccccc%11)c%11ccc(-c%12cccc([3H])c%12)cc%11)cc%10)cc9)cc8)cc7)cc6)cc5)cc4)cc3)cc2)c1. The van der Waals surface area contributed by atoms with E-state index in [1.54, 1.807) is 12.1 Å². The Labute approximate surface area is 640 Å². The van der Waals surface area contributed by atoms with Crippen molar-refractivity contribution in [3.63, 3.8) is 0 Å². The van der Waals surface area contributed by atoms with Crippen molar-refractivity contribution in [1.29, 1.82) is 0 Å². The van der Waals surface area contributed by atoms with Crippen LogP contribution in [0.25, 0.3) is 44.5 Å². The summed E-state index contributed by atoms with van der Waals surface area (Å²) in [7, 11) is 0. The first-order chi connectivity index (χ1) is 54.8. The molecule has 0 radical (unpaired) electrons. The first kappa shape index (κ1) is 65.1. The number of hydrogen-bond acceptors (Lipinski definition) is 7. The maximum atomic E-state index is 8.14. The fraction of sp³-hybridized carbons (Fsp3) is 0. The lowest BCUT2D eigenvalue weighted by Crippen LogP contribution is -2.10. The van der Waals surface area contributed by atoms with Gasteiger partial charge >= 0.3 is 0 Å². The van der Waals surface area contributed by atoms with Gasteiger partial charge in [-0.15, -0.1) is 0 Å². The van der Waals surface area contributed by atoms with Crippen LogP contribution in [0.3, 0.4) is 0 Å². The molecule has 17 aromatic carbocycles. The molecule has 0 heterocycles. The molecule has 0 unspecified atom stereocenters. The largest absolute Gasteiger partial charge is 0.457 e. The van der Waals surface area contributed by atoms with Crippen LogP contribution in [0.15, 0.2) is 455 Å². The van der Waals surface area contributed by atoms with Gasteiger partial charge in [0.2, 0.25) is 0 Å². The third-order valence-electron chi connectivity index (χ3n) is 19.4. The Kier molecular flexibility index (Phi) is 19.0. The number of benzene rings is 17. The normalized spacial score (nSPS) is 11.2. The zero-order valence-electron chi connectivity index (χ0n) is 61.7. The second-order valence-corrected chi connectivity index (χ2v) is 26.4. The Bertz CT molecular complexity index is 5550. The van der Waals surface area contributed by atoms with Crippen LogP contribution in [0, 0.1) is 0 Å². The Morgan fingerprint density at radius 2 is 0.266 bits per heavy atom. The van der Waals surface area contributed by atoms with Crippen LogP contribution < -0.4 is 34.0 Å². The molecule has 0 N–H and O–H groups in total. The van der Waals surface area contributed by atoms with Crippen LogP contribution >= 0.6 is 0 Å². The van der Waals surface area contributed by atoms with Crippen LogP contribution in [-0.4, -0.2) is 0 Å². The molecule has 0 bridgehead atoms. The zero-order chi connectivity index (χ0) is 74.7. The van der Waals surface area contributed by atoms with Crippen molar-refractivity contribution in [2.75, 3.05) is 24.5 Å². The minimum Gasteiger partial charge on any atom is -0.457 e. The monoisotopic (exact) mass is 1410 g/mol. The first-order valence-electron chi connectivity index (χ1n) is 37.6. The van der Waals surface area contributed by atoms with Crippen LogP contribution in [0.4, 0.5) is 85.3 Å². The molecule has 17 aromatic rings. The van der Waals surface area contributed by atoms with Gasteiger partial charge in [0.25, 0.3) is 0 Å². The first-order valence-corrected chi connectivity index (χ1v) is 36.6. The Morgan fingerprint density at radius 1 is 0.128 bits per heavy atom. The average Bonchev–Trinajstić information content (AvgIpc) is 0.802. The van der Waals surface area contributed by atoms with E-state index in [1.165, 1.54) is 0 Å². The third-order valence-corrected chi connectivity index (χ3v) is 19.4. The van der Waals surface area contributed by atoms with Crippen LogP contribution in [0.2, 0.25) is 0 Å². The zero-order valence-corrected chi connectivity index (χ0v) is 59.7. The summed E-state index contributed by atoms with van der Waals surface area (Å²) in [6, 6.07) is 154. The van der Waals surface area contributed by atoms with Crippen LogP contribution in [0.1, 0.15) is 2.74 Å². The quantitative estimate of drug-likeness (QED) is 0.0631. The Balaban J connectivity index is 0.551. The van der Waals surface area contributed by atoms with E-state index in [0.717, 1.165) is 153 Å². The summed E-state index contributed by atoms with van der Waals surface area (Å²) in [5.74, 6) is 2.88. The summed E-state index contributed by atoms with van der Waals surface area (Å²) in [5.41, 5.74) is 24.1. The summed E-state index contributed by atoms with van der Waals surface area (Å²) in [4.78, 5) is 11.3. The lowest BCUT2D eigenvalue weighted by atomic mass is 10.0. The van der Waals surface area contributed by atoms with E-state index in [9.17, 15) is 0 Å². The van der Waals surface area contributed by atoms with E-state index in [2.05, 4.69) is 340 Å². The fourth-order valence-electron chi connectivity index (χ4n) is 14.0. The lowest BCUT2D eigenvalue weighted by Gasteiger charge is -2.26. The summed E-state index contributed by atoms with van der Waals surface area (Å²) < 4.78 is 29.4. The van der Waals surface area contributed by atoms with Crippen molar-refractivity contribution in [3.8, 4) is 67.5 Å². The molecule has 0 saturated carbocycles. The Hall–Kier alpha value is -14.7. The van der Waals surface area contributed by atoms with Crippen LogP contribution in [0.5, 0.6) is 23.0 Å². The molecule has 7 heteroatoms. The van der Waals surface area contributed by atoms with Crippen molar-refractivity contribution in [2.24, 2.45) is 0 Å². The highest BCUT2D eigenvalue weighted by molar-refractivity contribution is 5.85. The number of anilines is 15. The summed E-state index contributed by atoms with van der Waals surface area (Å²) >= 11 is 0. The van der Waals surface area contributed by atoms with Gasteiger partial charge in [-0.1, -0.05) is 224 Å². The highest BCUT2D eigenvalue weighted by atomic mass is 16.5. The molecule has 0 aliphatic rings. The molecule has 0 aromatic heterocycles. The van der Waals surface area contributed by atoms with Crippen molar-refractivity contribution < 1.29 is 12.2 Å². The molecule has 7 nitrogen and oxygen atoms in total. The van der Waals surface area contributed by atoms with E-state index in [1.807, 2.05) is 115 Å². The minimum atomic E-state index is 0.498. The minimum absolute atomic E-state index is 0.498. The molecule has 0 saturated heterocycles. The maximum absolute atomic E-state index is 8.14. The van der Waals surface area contributed by atoms with E-state index in [4.69, 9.17) is 12.2 Å². The summed E-state index contributed by atoms with van der Waals surface area (Å²) in [6.07, 6.45) is 0. The standard InChI is InChI=1S/C102H75N5O2/c1-8-22-76(23-9-1)78-36-48-89(49-37-78)103(84-26-12-3-13-27-84)91-52-40-80(41-53-91)82-44-56-93(57-45-82)105(86-30-16-5-17-31-86)95-60-68-99(69-61-95)108-101-72-64-97(65-73-101)107(88-34-20-7-21-35-88)98-66-74-102(75-67-98)109-100-70-62-96(63-71-100)106(87-32-18-6-19-33-87)94-58-46-83(47-59-94)81-42-54-92(55-43-81)104(85-28-14-4-15-29-85)90-50-38-79(39-51-90)77-24-10-2-11-25-77/h1-75H/i8T,10T. The number of para-hydroxylation sites is 5. The number of rotatable bonds is 23. The Morgan fingerprint density at radius 3 is 0.431 bits per heavy atom. The predicted molar refractivity (Wildman–Crippen MR) is 455 cm³/mol. The van der Waals surface area contributed by atoms with E-state index >= 15 is 0 Å². The second-order valence-electron chi connectivity index (χ2n) is 26.4. The molecule has 0 atom stereocenters. The van der Waals surface area contributed by atoms with Gasteiger partial charge in [0.15, 0.2) is 0 Å². The van der Waals surface area contributed by atoms with Gasteiger partial charge in [-0.25, -0.2) is 0 Å². The molecule has 0 amide bonds. The average molecular weight is 1410 g/mol. The van der Waals surface area contributed by atoms with Crippen molar-refractivity contribution >= 4 is 85.3 Å². The highest BCUT2D eigenvalue weighted by Crippen LogP contribution is 2.44. The van der Waals surface area contributed by atoms with Gasteiger partial charge in [-0.2, -0.15) is 0 Å². The number of ether oxygens (including phenoxy) is 2. The number of hydrogen-bond donors (Lipinski definition) is 0. The smallest absolute Gasteiger partial charge is 0.127 e. The molecule has 17 rings (SSSR count). The van der Waals surface area contributed by atoms with Gasteiger partial charge in [-0.3, -0.25) is 0 Å². The van der Waals surface area contributed by atoms with Crippen LogP contribution in [-0.2, 0) is 0 Å². The fourth-order valence-corrected chi connectivity index (χ4v) is 14.0. The molecule has 0 fully saturated rings. The van der Waals surface area contributed by atoms with Gasteiger partial charge in [0.1, 0.15) is 23.0 Å². The van der Waals surface area contributed by atoms with Gasteiger partial charge in [-0.05, 0) is 275 Å². The third kappa shape index (κ3) is 15.3. The van der Waals surface area contributed by atoms with Crippen molar-refractivity contribution in [3.05, 3.63) is 455 Å². The van der Waals surface area contributed by atoms with E-state index < -0.39 is 0 Å². The van der Waals surface area contributed by atoms with Gasteiger partial charge < -0.3 is 34.0 Å². The molecule has 109 heavy (non-hydrogen) atoms. The summed E-state index contributed by atoms with van der Waals surface area (Å²) in [5, 5.41) is 0. The predicted octanol–water partition coefficient (Wildman–Crippen LogP) is 29.3. The second kappa shape index (κ2) is 31.7. The molecule has 0 spiro atoms. The topological polar surface area (TPSA) is 34.7 Å². The van der Waals surface area contributed by atoms with E-state index in [0.29, 0.717) is 12.1 Å². The van der Waals surface area contributed by atoms with Gasteiger partial charge in [0, 0.05) is 85.3 Å². The van der Waals surface area contributed by atoms with Crippen molar-refractivity contribution in [2.45, 2.75) is 0 Å². The van der Waals surface area contributed by atoms with Crippen molar-refractivity contribution in [1.82, 2.24) is 0 Å². The lowest BCUT2D eigenvalue weighted by molar-refractivity contribution is 0.482.